The Morgan fingerprint density at radius 3 is 2.56 bits per heavy atom. The van der Waals surface area contributed by atoms with Crippen molar-refractivity contribution < 1.29 is 14.2 Å². The van der Waals surface area contributed by atoms with Gasteiger partial charge >= 0.3 is 8.03 Å². The summed E-state index contributed by atoms with van der Waals surface area (Å²) in [6.07, 6.45) is 7.99. The molecule has 0 saturated heterocycles. The van der Waals surface area contributed by atoms with Crippen molar-refractivity contribution in [3.63, 3.8) is 0 Å². The van der Waals surface area contributed by atoms with E-state index in [1.54, 1.807) is 6.92 Å². The van der Waals surface area contributed by atoms with Crippen LogP contribution in [0.4, 0.5) is 0 Å². The lowest BCUT2D eigenvalue weighted by atomic mass is 10.0. The molecule has 0 radical (unpaired) electrons. The van der Waals surface area contributed by atoms with E-state index >= 15 is 0 Å². The highest BCUT2D eigenvalue weighted by atomic mass is 31.1. The third-order valence-electron chi connectivity index (χ3n) is 3.15. The Balaban J connectivity index is 2.36. The van der Waals surface area contributed by atoms with E-state index in [9.17, 15) is 9.67 Å². The Hall–Kier alpha value is 0.0200. The highest BCUT2D eigenvalue weighted by molar-refractivity contribution is 7.40. The lowest BCUT2D eigenvalue weighted by Crippen LogP contribution is -2.26. The second kappa shape index (κ2) is 6.68. The molecule has 1 rings (SSSR count). The van der Waals surface area contributed by atoms with E-state index in [1.165, 1.54) is 6.42 Å². The molecule has 0 spiro atoms. The van der Waals surface area contributed by atoms with Crippen LogP contribution in [-0.2, 0) is 9.09 Å². The van der Waals surface area contributed by atoms with Gasteiger partial charge in [0.1, 0.15) is 0 Å². The average molecular weight is 247 g/mol. The molecule has 2 unspecified atom stereocenters. The van der Waals surface area contributed by atoms with Crippen molar-refractivity contribution in [2.75, 3.05) is 0 Å². The molecule has 0 bridgehead atoms. The van der Waals surface area contributed by atoms with Crippen LogP contribution in [0.15, 0.2) is 0 Å². The van der Waals surface area contributed by atoms with Gasteiger partial charge < -0.3 is 5.11 Å². The molecule has 0 aromatic carbocycles. The summed E-state index contributed by atoms with van der Waals surface area (Å²) >= 11 is 0. The molecule has 0 heterocycles. The van der Waals surface area contributed by atoms with Crippen molar-refractivity contribution in [3.8, 4) is 0 Å². The first-order chi connectivity index (χ1) is 7.55. The van der Waals surface area contributed by atoms with E-state index in [2.05, 4.69) is 6.92 Å². The summed E-state index contributed by atoms with van der Waals surface area (Å²) in [6, 6.07) is 0. The van der Waals surface area contributed by atoms with E-state index in [0.29, 0.717) is 6.42 Å². The van der Waals surface area contributed by atoms with Gasteiger partial charge in [-0.2, -0.15) is 0 Å². The fourth-order valence-electron chi connectivity index (χ4n) is 2.11. The third kappa shape index (κ3) is 4.90. The summed E-state index contributed by atoms with van der Waals surface area (Å²) in [7, 11) is -1.70. The molecule has 1 saturated carbocycles. The van der Waals surface area contributed by atoms with Gasteiger partial charge in [0.15, 0.2) is 5.66 Å². The zero-order valence-electron chi connectivity index (χ0n) is 10.4. The maximum atomic E-state index is 11.9. The molecule has 16 heavy (non-hydrogen) atoms. The molecule has 0 amide bonds. The first-order valence-electron chi connectivity index (χ1n) is 6.43. The van der Waals surface area contributed by atoms with Crippen molar-refractivity contribution in [1.82, 2.24) is 0 Å². The molecule has 1 N–H and O–H groups in total. The van der Waals surface area contributed by atoms with Crippen LogP contribution in [0.25, 0.3) is 0 Å². The number of hydrogen-bond donors (Lipinski definition) is 1. The van der Waals surface area contributed by atoms with Gasteiger partial charge in [0.05, 0.1) is 0 Å². The molecule has 94 valence electrons. The van der Waals surface area contributed by atoms with E-state index in [0.717, 1.165) is 38.5 Å². The molecule has 1 aliphatic carbocycles. The van der Waals surface area contributed by atoms with Gasteiger partial charge in [-0.15, -0.1) is 4.52 Å². The summed E-state index contributed by atoms with van der Waals surface area (Å²) in [5.74, 6) is -1.21. The smallest absolute Gasteiger partial charge is 0.362 e. The Bertz CT molecular complexity index is 222. The van der Waals surface area contributed by atoms with Crippen LogP contribution in [0.5, 0.6) is 0 Å². The van der Waals surface area contributed by atoms with Gasteiger partial charge in [-0.1, -0.05) is 19.8 Å². The van der Waals surface area contributed by atoms with Crippen LogP contribution in [-0.4, -0.2) is 16.6 Å². The topological polar surface area (TPSA) is 46.5 Å². The number of rotatable bonds is 6. The lowest BCUT2D eigenvalue weighted by molar-refractivity contribution is -0.123. The van der Waals surface area contributed by atoms with Crippen molar-refractivity contribution in [2.45, 2.75) is 76.7 Å². The van der Waals surface area contributed by atoms with Gasteiger partial charge in [0.25, 0.3) is 0 Å². The zero-order valence-corrected chi connectivity index (χ0v) is 11.3. The highest BCUT2D eigenvalue weighted by Gasteiger charge is 2.40. The summed E-state index contributed by atoms with van der Waals surface area (Å²) in [5, 5.41) is 9.94. The SMILES string of the molecule is CCCCC(C)(O)O[P+](=O)C1CCCCC1. The second-order valence-corrected chi connectivity index (χ2v) is 6.43. The first-order valence-corrected chi connectivity index (χ1v) is 7.67. The Morgan fingerprint density at radius 2 is 2.00 bits per heavy atom. The van der Waals surface area contributed by atoms with Gasteiger partial charge in [0.2, 0.25) is 5.79 Å². The monoisotopic (exact) mass is 247 g/mol. The van der Waals surface area contributed by atoms with Crippen LogP contribution in [0.2, 0.25) is 0 Å². The van der Waals surface area contributed by atoms with Crippen molar-refractivity contribution in [3.05, 3.63) is 0 Å². The second-order valence-electron chi connectivity index (χ2n) is 4.95. The van der Waals surface area contributed by atoms with Crippen LogP contribution in [0.3, 0.4) is 0 Å². The molecular formula is C12H24O3P+. The fraction of sp³-hybridized carbons (Fsp3) is 1.00. The van der Waals surface area contributed by atoms with Crippen molar-refractivity contribution in [2.24, 2.45) is 0 Å². The highest BCUT2D eigenvalue weighted by Crippen LogP contribution is 2.42. The predicted molar refractivity (Wildman–Crippen MR) is 65.7 cm³/mol. The van der Waals surface area contributed by atoms with Crippen LogP contribution < -0.4 is 0 Å². The van der Waals surface area contributed by atoms with E-state index < -0.39 is 13.8 Å². The van der Waals surface area contributed by atoms with Gasteiger partial charge in [0, 0.05) is 6.42 Å². The summed E-state index contributed by atoms with van der Waals surface area (Å²) < 4.78 is 17.3. The Morgan fingerprint density at radius 1 is 1.38 bits per heavy atom. The summed E-state index contributed by atoms with van der Waals surface area (Å²) in [5.41, 5.74) is 0.164. The molecule has 0 aromatic heterocycles. The normalized spacial score (nSPS) is 22.8. The lowest BCUT2D eigenvalue weighted by Gasteiger charge is -2.19. The number of aliphatic hydroxyl groups is 1. The maximum Gasteiger partial charge on any atom is 0.514 e. The predicted octanol–water partition coefficient (Wildman–Crippen LogP) is 3.98. The Kier molecular flexibility index (Phi) is 5.88. The molecule has 1 aliphatic rings. The number of hydrogen-bond acceptors (Lipinski definition) is 3. The van der Waals surface area contributed by atoms with Crippen molar-refractivity contribution >= 4 is 8.03 Å². The molecule has 3 nitrogen and oxygen atoms in total. The van der Waals surface area contributed by atoms with Gasteiger partial charge in [-0.05, 0) is 43.6 Å². The molecule has 0 aliphatic heterocycles. The average Bonchev–Trinajstić information content (AvgIpc) is 2.27. The van der Waals surface area contributed by atoms with Crippen LogP contribution in [0.1, 0.15) is 65.2 Å². The number of unbranched alkanes of at least 4 members (excludes halogenated alkanes) is 1. The largest absolute Gasteiger partial charge is 0.514 e. The molecular weight excluding hydrogens is 223 g/mol. The van der Waals surface area contributed by atoms with E-state index in [4.69, 9.17) is 4.52 Å². The van der Waals surface area contributed by atoms with E-state index in [1.807, 2.05) is 0 Å². The Labute approximate surface area is 99.4 Å². The minimum Gasteiger partial charge on any atom is -0.362 e. The molecule has 4 heteroatoms. The standard InChI is InChI=1S/C12H24O3P/c1-3-4-10-12(2,13)15-16(14)11-8-6-5-7-9-11/h11,13H,3-10H2,1-2H3/q+1. The zero-order chi connectivity index (χ0) is 12.0. The third-order valence-corrected chi connectivity index (χ3v) is 4.84. The van der Waals surface area contributed by atoms with Crippen LogP contribution >= 0.6 is 8.03 Å². The molecule has 2 atom stereocenters. The van der Waals surface area contributed by atoms with Gasteiger partial charge in [-0.3, -0.25) is 0 Å². The fourth-order valence-corrected chi connectivity index (χ4v) is 3.53. The molecule has 1 fully saturated rings. The minimum atomic E-state index is -1.70. The molecule has 0 aromatic rings. The van der Waals surface area contributed by atoms with E-state index in [-0.39, 0.29) is 5.66 Å². The van der Waals surface area contributed by atoms with Crippen molar-refractivity contribution in [1.29, 1.82) is 0 Å². The quantitative estimate of drug-likeness (QED) is 0.570. The van der Waals surface area contributed by atoms with Crippen LogP contribution in [0, 0.1) is 0 Å². The first kappa shape index (κ1) is 14.1. The summed E-state index contributed by atoms with van der Waals surface area (Å²) in [4.78, 5) is 0. The van der Waals surface area contributed by atoms with Gasteiger partial charge in [-0.25, -0.2) is 0 Å². The minimum absolute atomic E-state index is 0.164. The maximum absolute atomic E-state index is 11.9. The summed E-state index contributed by atoms with van der Waals surface area (Å²) in [6.45, 7) is 3.69.